The highest BCUT2D eigenvalue weighted by Crippen LogP contribution is 2.43. The third-order valence-corrected chi connectivity index (χ3v) is 7.15. The van der Waals surface area contributed by atoms with Gasteiger partial charge in [-0.1, -0.05) is 20.8 Å². The van der Waals surface area contributed by atoms with Crippen molar-refractivity contribution in [1.82, 2.24) is 29.4 Å². The van der Waals surface area contributed by atoms with Crippen molar-refractivity contribution in [2.45, 2.75) is 53.5 Å². The van der Waals surface area contributed by atoms with Gasteiger partial charge in [0.25, 0.3) is 0 Å². The number of nitrogens with two attached hydrogens (primary N) is 1. The van der Waals surface area contributed by atoms with Crippen LogP contribution in [0.3, 0.4) is 0 Å². The molecule has 1 aliphatic rings. The van der Waals surface area contributed by atoms with Crippen LogP contribution in [0.25, 0.3) is 27.4 Å². The Balaban J connectivity index is 1.68. The lowest BCUT2D eigenvalue weighted by Gasteiger charge is -2.33. The van der Waals surface area contributed by atoms with Crippen LogP contribution in [-0.4, -0.2) is 29.4 Å². The molecule has 8 heteroatoms. The highest BCUT2D eigenvalue weighted by atomic mass is 32.1. The van der Waals surface area contributed by atoms with Gasteiger partial charge >= 0.3 is 0 Å². The minimum absolute atomic E-state index is 0.328. The van der Waals surface area contributed by atoms with Crippen LogP contribution in [0.4, 0.5) is 5.69 Å². The van der Waals surface area contributed by atoms with Gasteiger partial charge in [-0.25, -0.2) is 14.5 Å². The molecule has 4 heterocycles. The first-order valence-corrected chi connectivity index (χ1v) is 10.7. The molecule has 0 saturated heterocycles. The zero-order chi connectivity index (χ0) is 19.6. The van der Waals surface area contributed by atoms with E-state index in [2.05, 4.69) is 36.0 Å². The number of thiophene rings is 1. The molecule has 0 aromatic carbocycles. The fourth-order valence-corrected chi connectivity index (χ4v) is 5.56. The maximum Gasteiger partial charge on any atom is 0.202 e. The van der Waals surface area contributed by atoms with Crippen LogP contribution >= 0.6 is 11.3 Å². The van der Waals surface area contributed by atoms with E-state index < -0.39 is 0 Å². The Morgan fingerprint density at radius 3 is 2.89 bits per heavy atom. The van der Waals surface area contributed by atoms with Gasteiger partial charge in [-0.15, -0.1) is 16.4 Å². The van der Waals surface area contributed by atoms with Crippen molar-refractivity contribution in [1.29, 1.82) is 0 Å². The number of nitrogen functional groups attached to an aromatic ring is 1. The van der Waals surface area contributed by atoms with Crippen molar-refractivity contribution >= 4 is 32.9 Å². The molecule has 1 unspecified atom stereocenters. The third-order valence-electron chi connectivity index (χ3n) is 5.99. The zero-order valence-electron chi connectivity index (χ0n) is 16.7. The van der Waals surface area contributed by atoms with Crippen molar-refractivity contribution in [3.05, 3.63) is 23.0 Å². The number of anilines is 1. The van der Waals surface area contributed by atoms with E-state index in [9.17, 15) is 0 Å². The number of nitrogens with zero attached hydrogens (tertiary/aromatic N) is 6. The average molecular weight is 396 g/mol. The van der Waals surface area contributed by atoms with Gasteiger partial charge in [0.05, 0.1) is 17.3 Å². The maximum absolute atomic E-state index is 6.14. The van der Waals surface area contributed by atoms with Crippen molar-refractivity contribution in [2.75, 3.05) is 5.73 Å². The van der Waals surface area contributed by atoms with E-state index in [4.69, 9.17) is 10.7 Å². The number of aromatic nitrogens is 6. The highest BCUT2D eigenvalue weighted by molar-refractivity contribution is 7.19. The summed E-state index contributed by atoms with van der Waals surface area (Å²) in [4.78, 5) is 12.1. The van der Waals surface area contributed by atoms with Crippen molar-refractivity contribution in [3.63, 3.8) is 0 Å². The van der Waals surface area contributed by atoms with Gasteiger partial charge in [0.2, 0.25) is 5.82 Å². The lowest BCUT2D eigenvalue weighted by molar-refractivity contribution is 0.218. The van der Waals surface area contributed by atoms with Crippen LogP contribution in [0.1, 0.15) is 44.6 Å². The maximum atomic E-state index is 6.14. The van der Waals surface area contributed by atoms with Crippen LogP contribution in [0.5, 0.6) is 0 Å². The number of fused-ring (bicyclic) bond motifs is 5. The largest absolute Gasteiger partial charge is 0.396 e. The standard InChI is InChI=1S/C20H25N7S/c1-5-26-16(13(21)9-23-26)17-24-18-15-12-7-6-11(20(2,3)4)8-14(12)28-19(15)22-10-27(18)25-17/h9-11H,5-8,21H2,1-4H3. The molecule has 4 aromatic rings. The average Bonchev–Trinajstić information content (AvgIpc) is 3.32. The van der Waals surface area contributed by atoms with E-state index in [-0.39, 0.29) is 0 Å². The molecule has 5 rings (SSSR count). The second-order valence-corrected chi connectivity index (χ2v) is 9.79. The van der Waals surface area contributed by atoms with E-state index in [0.717, 1.165) is 40.9 Å². The molecule has 4 aromatic heterocycles. The molecule has 0 spiro atoms. The van der Waals surface area contributed by atoms with Gasteiger partial charge in [-0.05, 0) is 43.1 Å². The van der Waals surface area contributed by atoms with E-state index in [1.807, 2.05) is 22.9 Å². The van der Waals surface area contributed by atoms with E-state index >= 15 is 0 Å². The second kappa shape index (κ2) is 6.01. The minimum atomic E-state index is 0.328. The van der Waals surface area contributed by atoms with Gasteiger partial charge < -0.3 is 5.73 Å². The van der Waals surface area contributed by atoms with Crippen LogP contribution in [0, 0.1) is 11.3 Å². The van der Waals surface area contributed by atoms with E-state index in [1.165, 1.54) is 16.9 Å². The molecular formula is C20H25N7S. The molecule has 146 valence electrons. The Kier molecular flexibility index (Phi) is 3.78. The van der Waals surface area contributed by atoms with Crippen LogP contribution in [0.15, 0.2) is 12.5 Å². The second-order valence-electron chi connectivity index (χ2n) is 8.70. The smallest absolute Gasteiger partial charge is 0.202 e. The van der Waals surface area contributed by atoms with Crippen molar-refractivity contribution < 1.29 is 0 Å². The first-order valence-electron chi connectivity index (χ1n) is 9.84. The highest BCUT2D eigenvalue weighted by Gasteiger charge is 2.32. The fraction of sp³-hybridized carbons (Fsp3) is 0.500. The minimum Gasteiger partial charge on any atom is -0.396 e. The Morgan fingerprint density at radius 2 is 2.14 bits per heavy atom. The zero-order valence-corrected chi connectivity index (χ0v) is 17.5. The molecule has 1 atom stereocenters. The number of hydrogen-bond acceptors (Lipinski definition) is 6. The van der Waals surface area contributed by atoms with E-state index in [1.54, 1.807) is 17.0 Å². The summed E-state index contributed by atoms with van der Waals surface area (Å²) in [7, 11) is 0. The molecule has 7 nitrogen and oxygen atoms in total. The summed E-state index contributed by atoms with van der Waals surface area (Å²) in [6.45, 7) is 9.79. The Morgan fingerprint density at radius 1 is 1.32 bits per heavy atom. The van der Waals surface area contributed by atoms with Gasteiger partial charge in [-0.3, -0.25) is 4.68 Å². The summed E-state index contributed by atoms with van der Waals surface area (Å²) >= 11 is 1.82. The summed E-state index contributed by atoms with van der Waals surface area (Å²) in [5.41, 5.74) is 10.1. The van der Waals surface area contributed by atoms with Crippen LogP contribution in [0.2, 0.25) is 0 Å². The SMILES string of the molecule is CCn1ncc(N)c1-c1nc2c3c4c(sc3ncn2n1)CC(C(C)(C)C)CC4. The fourth-order valence-electron chi connectivity index (χ4n) is 4.30. The predicted molar refractivity (Wildman–Crippen MR) is 112 cm³/mol. The molecule has 0 saturated carbocycles. The molecule has 2 N–H and O–H groups in total. The van der Waals surface area contributed by atoms with Gasteiger partial charge in [-0.2, -0.15) is 5.10 Å². The lowest BCUT2D eigenvalue weighted by atomic mass is 9.72. The Hall–Kier alpha value is -2.48. The Bertz CT molecular complexity index is 1190. The summed E-state index contributed by atoms with van der Waals surface area (Å²) in [6, 6.07) is 0. The molecular weight excluding hydrogens is 370 g/mol. The molecule has 0 amide bonds. The topological polar surface area (TPSA) is 86.9 Å². The molecule has 0 bridgehead atoms. The molecule has 28 heavy (non-hydrogen) atoms. The number of aryl methyl sites for hydroxylation is 2. The van der Waals surface area contributed by atoms with Gasteiger partial charge in [0.1, 0.15) is 16.9 Å². The molecule has 0 fully saturated rings. The van der Waals surface area contributed by atoms with Crippen LogP contribution < -0.4 is 5.73 Å². The van der Waals surface area contributed by atoms with Crippen molar-refractivity contribution in [2.24, 2.45) is 11.3 Å². The monoisotopic (exact) mass is 395 g/mol. The van der Waals surface area contributed by atoms with Crippen molar-refractivity contribution in [3.8, 4) is 11.5 Å². The quantitative estimate of drug-likeness (QED) is 0.555. The summed E-state index contributed by atoms with van der Waals surface area (Å²) in [5.74, 6) is 1.31. The summed E-state index contributed by atoms with van der Waals surface area (Å²) < 4.78 is 3.62. The molecule has 1 aliphatic carbocycles. The van der Waals surface area contributed by atoms with Gasteiger partial charge in [0.15, 0.2) is 5.65 Å². The van der Waals surface area contributed by atoms with E-state index in [0.29, 0.717) is 22.8 Å². The first kappa shape index (κ1) is 17.6. The summed E-state index contributed by atoms with van der Waals surface area (Å²) in [6.07, 6.45) is 6.84. The third kappa shape index (κ3) is 2.54. The molecule has 0 aliphatic heterocycles. The Labute approximate surface area is 167 Å². The number of hydrogen-bond donors (Lipinski definition) is 1. The first-order chi connectivity index (χ1) is 13.4. The normalized spacial score (nSPS) is 17.5. The van der Waals surface area contributed by atoms with Gasteiger partial charge in [0, 0.05) is 11.4 Å². The summed E-state index contributed by atoms with van der Waals surface area (Å²) in [5, 5.41) is 10.1. The molecule has 0 radical (unpaired) electrons. The number of rotatable bonds is 2. The lowest BCUT2D eigenvalue weighted by Crippen LogP contribution is -2.26. The van der Waals surface area contributed by atoms with Crippen LogP contribution in [-0.2, 0) is 19.4 Å². The predicted octanol–water partition coefficient (Wildman–Crippen LogP) is 3.96.